The molecule has 1 saturated heterocycles. The first kappa shape index (κ1) is 14.1. The van der Waals surface area contributed by atoms with E-state index in [9.17, 15) is 9.59 Å². The van der Waals surface area contributed by atoms with Gasteiger partial charge in [-0.25, -0.2) is 4.79 Å². The zero-order valence-corrected chi connectivity index (χ0v) is 11.1. The number of carboxylic acids is 1. The topological polar surface area (TPSA) is 81.1 Å². The van der Waals surface area contributed by atoms with Gasteiger partial charge in [-0.05, 0) is 19.3 Å². The minimum Gasteiger partial charge on any atom is -0.481 e. The van der Waals surface area contributed by atoms with E-state index in [4.69, 9.17) is 10.2 Å². The summed E-state index contributed by atoms with van der Waals surface area (Å²) in [4.78, 5) is 26.7. The molecule has 6 heteroatoms. The number of urea groups is 1. The molecule has 1 heterocycles. The van der Waals surface area contributed by atoms with Gasteiger partial charge in [-0.2, -0.15) is 0 Å². The minimum atomic E-state index is -0.829. The molecule has 0 aromatic heterocycles. The number of amides is 2. The molecule has 2 rings (SSSR count). The van der Waals surface area contributed by atoms with Crippen molar-refractivity contribution in [2.45, 2.75) is 38.1 Å². The van der Waals surface area contributed by atoms with Crippen molar-refractivity contribution in [3.8, 4) is 0 Å². The highest BCUT2D eigenvalue weighted by Crippen LogP contribution is 2.26. The van der Waals surface area contributed by atoms with Crippen LogP contribution in [-0.4, -0.2) is 64.3 Å². The highest BCUT2D eigenvalue weighted by molar-refractivity contribution is 5.77. The van der Waals surface area contributed by atoms with Crippen LogP contribution in [0.2, 0.25) is 0 Å². The van der Waals surface area contributed by atoms with E-state index in [0.29, 0.717) is 26.1 Å². The molecule has 1 saturated carbocycles. The fourth-order valence-corrected chi connectivity index (χ4v) is 3.08. The average molecular weight is 270 g/mol. The number of carbonyl (C=O) groups excluding carboxylic acids is 1. The Morgan fingerprint density at radius 2 is 1.89 bits per heavy atom. The van der Waals surface area contributed by atoms with Gasteiger partial charge in [0.2, 0.25) is 0 Å². The van der Waals surface area contributed by atoms with Crippen LogP contribution < -0.4 is 0 Å². The van der Waals surface area contributed by atoms with Gasteiger partial charge in [-0.1, -0.05) is 12.8 Å². The van der Waals surface area contributed by atoms with E-state index < -0.39 is 11.9 Å². The first-order valence-corrected chi connectivity index (χ1v) is 7.02. The Balaban J connectivity index is 1.97. The van der Waals surface area contributed by atoms with Gasteiger partial charge >= 0.3 is 12.0 Å². The second-order valence-electron chi connectivity index (χ2n) is 5.41. The van der Waals surface area contributed by atoms with Crippen LogP contribution >= 0.6 is 0 Å². The van der Waals surface area contributed by atoms with E-state index in [1.165, 1.54) is 0 Å². The van der Waals surface area contributed by atoms with E-state index >= 15 is 0 Å². The summed E-state index contributed by atoms with van der Waals surface area (Å²) in [6, 6.07) is 0.105. The molecule has 2 N–H and O–H groups in total. The molecule has 0 spiro atoms. The SMILES string of the molecule is O=C(O)C1CCN(C(=O)N(CCO)C2CCCC2)C1. The van der Waals surface area contributed by atoms with Crippen LogP contribution in [-0.2, 0) is 4.79 Å². The van der Waals surface area contributed by atoms with Gasteiger partial charge in [0.15, 0.2) is 0 Å². The summed E-state index contributed by atoms with van der Waals surface area (Å²) >= 11 is 0. The Labute approximate surface area is 113 Å². The first-order valence-electron chi connectivity index (χ1n) is 7.02. The van der Waals surface area contributed by atoms with E-state index in [-0.39, 0.29) is 18.7 Å². The van der Waals surface area contributed by atoms with Crippen molar-refractivity contribution in [1.82, 2.24) is 9.80 Å². The van der Waals surface area contributed by atoms with Crippen LogP contribution in [0, 0.1) is 5.92 Å². The second kappa shape index (κ2) is 6.23. The van der Waals surface area contributed by atoms with Crippen molar-refractivity contribution in [2.75, 3.05) is 26.2 Å². The number of hydrogen-bond donors (Lipinski definition) is 2. The monoisotopic (exact) mass is 270 g/mol. The Bertz CT molecular complexity index is 342. The number of carbonyl (C=O) groups is 2. The molecular weight excluding hydrogens is 248 g/mol. The third kappa shape index (κ3) is 3.18. The number of hydrogen-bond acceptors (Lipinski definition) is 3. The maximum Gasteiger partial charge on any atom is 0.320 e. The lowest BCUT2D eigenvalue weighted by atomic mass is 10.1. The molecule has 6 nitrogen and oxygen atoms in total. The highest BCUT2D eigenvalue weighted by atomic mass is 16.4. The van der Waals surface area contributed by atoms with Crippen LogP contribution in [0.15, 0.2) is 0 Å². The molecule has 19 heavy (non-hydrogen) atoms. The van der Waals surface area contributed by atoms with Crippen LogP contribution in [0.1, 0.15) is 32.1 Å². The second-order valence-corrected chi connectivity index (χ2v) is 5.41. The Kier molecular flexibility index (Phi) is 4.63. The quantitative estimate of drug-likeness (QED) is 0.790. The lowest BCUT2D eigenvalue weighted by Crippen LogP contribution is -2.48. The summed E-state index contributed by atoms with van der Waals surface area (Å²) in [6.07, 6.45) is 4.75. The maximum atomic E-state index is 12.4. The van der Waals surface area contributed by atoms with Gasteiger partial charge in [-0.3, -0.25) is 4.79 Å². The zero-order chi connectivity index (χ0) is 13.8. The number of carboxylic acid groups (broad SMARTS) is 1. The van der Waals surface area contributed by atoms with Crippen molar-refractivity contribution >= 4 is 12.0 Å². The van der Waals surface area contributed by atoms with Crippen molar-refractivity contribution < 1.29 is 19.8 Å². The summed E-state index contributed by atoms with van der Waals surface area (Å²) in [6.45, 7) is 1.10. The van der Waals surface area contributed by atoms with Crippen LogP contribution in [0.5, 0.6) is 0 Å². The largest absolute Gasteiger partial charge is 0.481 e. The first-order chi connectivity index (χ1) is 9.13. The number of likely N-dealkylation sites (tertiary alicyclic amines) is 1. The molecule has 2 amide bonds. The number of rotatable bonds is 4. The number of aliphatic carboxylic acids is 1. The molecule has 0 bridgehead atoms. The molecular formula is C13H22N2O4. The minimum absolute atomic E-state index is 0.0432. The third-order valence-electron chi connectivity index (χ3n) is 4.16. The van der Waals surface area contributed by atoms with Crippen LogP contribution in [0.4, 0.5) is 4.79 Å². The fourth-order valence-electron chi connectivity index (χ4n) is 3.08. The Morgan fingerprint density at radius 1 is 1.21 bits per heavy atom. The van der Waals surface area contributed by atoms with E-state index in [1.807, 2.05) is 0 Å². The van der Waals surface area contributed by atoms with Crippen LogP contribution in [0.25, 0.3) is 0 Å². The van der Waals surface area contributed by atoms with Gasteiger partial charge in [0.1, 0.15) is 0 Å². The van der Waals surface area contributed by atoms with Crippen molar-refractivity contribution in [1.29, 1.82) is 0 Å². The average Bonchev–Trinajstić information content (AvgIpc) is 3.05. The molecule has 0 aromatic rings. The lowest BCUT2D eigenvalue weighted by molar-refractivity contribution is -0.141. The number of aliphatic hydroxyl groups excluding tert-OH is 1. The number of nitrogens with zero attached hydrogens (tertiary/aromatic N) is 2. The summed E-state index contributed by atoms with van der Waals surface area (Å²) in [5.74, 6) is -1.27. The molecule has 0 radical (unpaired) electrons. The van der Waals surface area contributed by atoms with Crippen molar-refractivity contribution in [3.05, 3.63) is 0 Å². The summed E-state index contributed by atoms with van der Waals surface area (Å²) in [5.41, 5.74) is 0. The Hall–Kier alpha value is -1.30. The third-order valence-corrected chi connectivity index (χ3v) is 4.16. The normalized spacial score (nSPS) is 23.8. The maximum absolute atomic E-state index is 12.4. The van der Waals surface area contributed by atoms with Gasteiger partial charge in [0.25, 0.3) is 0 Å². The van der Waals surface area contributed by atoms with Crippen molar-refractivity contribution in [2.24, 2.45) is 5.92 Å². The van der Waals surface area contributed by atoms with Gasteiger partial charge < -0.3 is 20.0 Å². The molecule has 1 aliphatic carbocycles. The van der Waals surface area contributed by atoms with Gasteiger partial charge in [0.05, 0.1) is 12.5 Å². The number of aliphatic hydroxyl groups is 1. The molecule has 1 atom stereocenters. The van der Waals surface area contributed by atoms with E-state index in [2.05, 4.69) is 0 Å². The molecule has 2 fully saturated rings. The fraction of sp³-hybridized carbons (Fsp3) is 0.846. The Morgan fingerprint density at radius 3 is 2.42 bits per heavy atom. The summed E-state index contributed by atoms with van der Waals surface area (Å²) in [7, 11) is 0. The molecule has 1 aliphatic heterocycles. The molecule has 0 aromatic carbocycles. The lowest BCUT2D eigenvalue weighted by Gasteiger charge is -2.32. The zero-order valence-electron chi connectivity index (χ0n) is 11.1. The van der Waals surface area contributed by atoms with Gasteiger partial charge in [-0.15, -0.1) is 0 Å². The smallest absolute Gasteiger partial charge is 0.320 e. The van der Waals surface area contributed by atoms with E-state index in [1.54, 1.807) is 9.80 Å². The van der Waals surface area contributed by atoms with E-state index in [0.717, 1.165) is 25.7 Å². The summed E-state index contributed by atoms with van der Waals surface area (Å²) in [5, 5.41) is 18.1. The standard InChI is InChI=1S/C13H22N2O4/c16-8-7-15(11-3-1-2-4-11)13(19)14-6-5-10(9-14)12(17)18/h10-11,16H,1-9H2,(H,17,18). The highest BCUT2D eigenvalue weighted by Gasteiger charge is 2.35. The van der Waals surface area contributed by atoms with Gasteiger partial charge in [0, 0.05) is 25.7 Å². The predicted molar refractivity (Wildman–Crippen MR) is 68.8 cm³/mol. The predicted octanol–water partition coefficient (Wildman–Crippen LogP) is 0.750. The molecule has 108 valence electrons. The molecule has 1 unspecified atom stereocenters. The van der Waals surface area contributed by atoms with Crippen molar-refractivity contribution in [3.63, 3.8) is 0 Å². The van der Waals surface area contributed by atoms with Crippen LogP contribution in [0.3, 0.4) is 0 Å². The summed E-state index contributed by atoms with van der Waals surface area (Å²) < 4.78 is 0. The molecule has 2 aliphatic rings.